The van der Waals surface area contributed by atoms with E-state index in [1.165, 1.54) is 5.56 Å². The van der Waals surface area contributed by atoms with Gasteiger partial charge in [-0.05, 0) is 25.0 Å². The van der Waals surface area contributed by atoms with Gasteiger partial charge in [-0.1, -0.05) is 29.8 Å². The Morgan fingerprint density at radius 1 is 1.08 bits per heavy atom. The van der Waals surface area contributed by atoms with Crippen molar-refractivity contribution in [3.05, 3.63) is 53.9 Å². The number of carbonyl (C=O) groups excluding carboxylic acids is 1. The number of benzene rings is 1. The van der Waals surface area contributed by atoms with E-state index in [1.807, 2.05) is 17.2 Å². The lowest BCUT2D eigenvalue weighted by Gasteiger charge is -2.32. The summed E-state index contributed by atoms with van der Waals surface area (Å²) in [7, 11) is 0. The molecule has 4 rings (SSSR count). The van der Waals surface area contributed by atoms with Crippen molar-refractivity contribution >= 4 is 5.91 Å². The Kier molecular flexibility index (Phi) is 5.00. The van der Waals surface area contributed by atoms with Crippen LogP contribution in [0.3, 0.4) is 0 Å². The van der Waals surface area contributed by atoms with Gasteiger partial charge in [-0.3, -0.25) is 14.7 Å². The normalized spacial score (nSPS) is 21.1. The first-order valence-electron chi connectivity index (χ1n) is 9.47. The van der Waals surface area contributed by atoms with Crippen molar-refractivity contribution in [1.82, 2.24) is 20.1 Å². The van der Waals surface area contributed by atoms with Crippen molar-refractivity contribution in [1.29, 1.82) is 0 Å². The van der Waals surface area contributed by atoms with Crippen LogP contribution >= 0.6 is 0 Å². The van der Waals surface area contributed by atoms with E-state index in [4.69, 9.17) is 0 Å². The minimum Gasteiger partial charge on any atom is -0.337 e. The molecule has 136 valence electrons. The van der Waals surface area contributed by atoms with E-state index < -0.39 is 0 Å². The number of pyridine rings is 1. The van der Waals surface area contributed by atoms with Crippen LogP contribution in [0.15, 0.2) is 42.7 Å². The second kappa shape index (κ2) is 7.56. The second-order valence-corrected chi connectivity index (χ2v) is 7.31. The Labute approximate surface area is 155 Å². The van der Waals surface area contributed by atoms with E-state index in [0.717, 1.165) is 56.8 Å². The number of piperazine rings is 1. The summed E-state index contributed by atoms with van der Waals surface area (Å²) in [5.74, 6) is 0.101. The van der Waals surface area contributed by atoms with Gasteiger partial charge < -0.3 is 10.2 Å². The van der Waals surface area contributed by atoms with Crippen LogP contribution in [-0.4, -0.2) is 66.0 Å². The fourth-order valence-electron chi connectivity index (χ4n) is 3.91. The van der Waals surface area contributed by atoms with Gasteiger partial charge in [-0.15, -0.1) is 0 Å². The number of nitrogens with zero attached hydrogens (tertiary/aromatic N) is 3. The summed E-state index contributed by atoms with van der Waals surface area (Å²) in [6.45, 7) is 7.99. The van der Waals surface area contributed by atoms with Crippen LogP contribution in [0.5, 0.6) is 0 Å². The average Bonchev–Trinajstić information content (AvgIpc) is 3.19. The van der Waals surface area contributed by atoms with E-state index >= 15 is 0 Å². The molecule has 1 atom stereocenters. The molecule has 2 saturated heterocycles. The molecule has 1 N–H and O–H groups in total. The highest BCUT2D eigenvalue weighted by Crippen LogP contribution is 2.22. The molecule has 0 spiro atoms. The second-order valence-electron chi connectivity index (χ2n) is 7.31. The first kappa shape index (κ1) is 17.2. The fourth-order valence-corrected chi connectivity index (χ4v) is 3.91. The lowest BCUT2D eigenvalue weighted by Crippen LogP contribution is -2.49. The van der Waals surface area contributed by atoms with Gasteiger partial charge in [0.25, 0.3) is 5.91 Å². The molecule has 2 aliphatic heterocycles. The van der Waals surface area contributed by atoms with Gasteiger partial charge in [0, 0.05) is 63.3 Å². The third kappa shape index (κ3) is 3.64. The molecule has 5 nitrogen and oxygen atoms in total. The van der Waals surface area contributed by atoms with Crippen LogP contribution in [0.25, 0.3) is 11.1 Å². The SMILES string of the molecule is Cc1ccc(-c2cncc(C(=O)N3CCC(N4CCNCC4)C3)c2)cc1. The molecule has 26 heavy (non-hydrogen) atoms. The summed E-state index contributed by atoms with van der Waals surface area (Å²) < 4.78 is 0. The predicted octanol–water partition coefficient (Wildman–Crippen LogP) is 2.18. The highest BCUT2D eigenvalue weighted by Gasteiger charge is 2.31. The Morgan fingerprint density at radius 3 is 2.62 bits per heavy atom. The summed E-state index contributed by atoms with van der Waals surface area (Å²) in [6.07, 6.45) is 4.59. The number of rotatable bonds is 3. The van der Waals surface area contributed by atoms with Gasteiger partial charge in [-0.2, -0.15) is 0 Å². The van der Waals surface area contributed by atoms with E-state index in [1.54, 1.807) is 6.20 Å². The highest BCUT2D eigenvalue weighted by molar-refractivity contribution is 5.95. The molecule has 3 heterocycles. The van der Waals surface area contributed by atoms with Crippen molar-refractivity contribution in [2.24, 2.45) is 0 Å². The number of hydrogen-bond acceptors (Lipinski definition) is 4. The van der Waals surface area contributed by atoms with Gasteiger partial charge in [0.15, 0.2) is 0 Å². The van der Waals surface area contributed by atoms with Crippen LogP contribution in [0.4, 0.5) is 0 Å². The zero-order chi connectivity index (χ0) is 17.9. The highest BCUT2D eigenvalue weighted by atomic mass is 16.2. The maximum atomic E-state index is 13.0. The summed E-state index contributed by atoms with van der Waals surface area (Å²) in [4.78, 5) is 21.8. The van der Waals surface area contributed by atoms with Gasteiger partial charge in [0.2, 0.25) is 0 Å². The van der Waals surface area contributed by atoms with Crippen LogP contribution < -0.4 is 5.32 Å². The largest absolute Gasteiger partial charge is 0.337 e. The fraction of sp³-hybridized carbons (Fsp3) is 0.429. The van der Waals surface area contributed by atoms with Gasteiger partial charge >= 0.3 is 0 Å². The summed E-state index contributed by atoms with van der Waals surface area (Å²) in [5, 5.41) is 3.39. The molecular weight excluding hydrogens is 324 g/mol. The van der Waals surface area contributed by atoms with Crippen LogP contribution in [0.2, 0.25) is 0 Å². The topological polar surface area (TPSA) is 48.5 Å². The average molecular weight is 350 g/mol. The molecule has 0 bridgehead atoms. The first-order valence-corrected chi connectivity index (χ1v) is 9.47. The van der Waals surface area contributed by atoms with E-state index in [-0.39, 0.29) is 5.91 Å². The third-order valence-electron chi connectivity index (χ3n) is 5.49. The number of aryl methyl sites for hydroxylation is 1. The van der Waals surface area contributed by atoms with Gasteiger partial charge in [0.1, 0.15) is 0 Å². The van der Waals surface area contributed by atoms with E-state index in [0.29, 0.717) is 11.6 Å². The van der Waals surface area contributed by atoms with Crippen LogP contribution in [-0.2, 0) is 0 Å². The Balaban J connectivity index is 1.46. The number of carbonyl (C=O) groups is 1. The predicted molar refractivity (Wildman–Crippen MR) is 103 cm³/mol. The van der Waals surface area contributed by atoms with Crippen molar-refractivity contribution < 1.29 is 4.79 Å². The van der Waals surface area contributed by atoms with Crippen molar-refractivity contribution in [2.45, 2.75) is 19.4 Å². The molecule has 2 aliphatic rings. The maximum absolute atomic E-state index is 13.0. The van der Waals surface area contributed by atoms with Gasteiger partial charge in [-0.25, -0.2) is 0 Å². The molecule has 2 fully saturated rings. The molecule has 0 radical (unpaired) electrons. The Hall–Kier alpha value is -2.24. The zero-order valence-electron chi connectivity index (χ0n) is 15.3. The van der Waals surface area contributed by atoms with Crippen molar-refractivity contribution in [3.8, 4) is 11.1 Å². The summed E-state index contributed by atoms with van der Waals surface area (Å²) in [5.41, 5.74) is 4.00. The third-order valence-corrected chi connectivity index (χ3v) is 5.49. The molecule has 0 aliphatic carbocycles. The standard InChI is InChI=1S/C21H26N4O/c1-16-2-4-17(5-3-16)18-12-19(14-23-13-18)21(26)25-9-6-20(15-25)24-10-7-22-8-11-24/h2-5,12-14,20,22H,6-11,15H2,1H3. The molecule has 1 amide bonds. The molecule has 0 saturated carbocycles. The van der Waals surface area contributed by atoms with Crippen molar-refractivity contribution in [2.75, 3.05) is 39.3 Å². The van der Waals surface area contributed by atoms with E-state index in [9.17, 15) is 4.79 Å². The number of likely N-dealkylation sites (tertiary alicyclic amines) is 1. The quantitative estimate of drug-likeness (QED) is 0.922. The van der Waals surface area contributed by atoms with Gasteiger partial charge in [0.05, 0.1) is 5.56 Å². The van der Waals surface area contributed by atoms with Crippen LogP contribution in [0, 0.1) is 6.92 Å². The summed E-state index contributed by atoms with van der Waals surface area (Å²) in [6, 6.07) is 10.8. The Bertz CT molecular complexity index is 768. The monoisotopic (exact) mass is 350 g/mol. The molecule has 1 unspecified atom stereocenters. The first-order chi connectivity index (χ1) is 12.7. The maximum Gasteiger partial charge on any atom is 0.255 e. The minimum absolute atomic E-state index is 0.101. The van der Waals surface area contributed by atoms with Crippen molar-refractivity contribution in [3.63, 3.8) is 0 Å². The lowest BCUT2D eigenvalue weighted by molar-refractivity contribution is 0.0773. The van der Waals surface area contributed by atoms with Crippen LogP contribution in [0.1, 0.15) is 22.3 Å². The smallest absolute Gasteiger partial charge is 0.255 e. The number of amides is 1. The van der Waals surface area contributed by atoms with E-state index in [2.05, 4.69) is 46.4 Å². The zero-order valence-corrected chi connectivity index (χ0v) is 15.3. The molecule has 5 heteroatoms. The minimum atomic E-state index is 0.101. The molecule has 1 aromatic carbocycles. The number of nitrogens with one attached hydrogen (secondary N) is 1. The molecular formula is C21H26N4O. The molecule has 1 aromatic heterocycles. The summed E-state index contributed by atoms with van der Waals surface area (Å²) >= 11 is 0. The lowest BCUT2D eigenvalue weighted by atomic mass is 10.0. The molecule has 2 aromatic rings. The Morgan fingerprint density at radius 2 is 1.85 bits per heavy atom. The number of aromatic nitrogens is 1. The number of hydrogen-bond donors (Lipinski definition) is 1.